The Bertz CT molecular complexity index is 611. The smallest absolute Gasteiger partial charge is 0.395 e. The minimum absolute atomic E-state index is 0.00894. The molecular weight excluding hydrogens is 349 g/mol. The van der Waals surface area contributed by atoms with E-state index in [2.05, 4.69) is 16.0 Å². The van der Waals surface area contributed by atoms with Crippen molar-refractivity contribution in [1.29, 1.82) is 0 Å². The van der Waals surface area contributed by atoms with Crippen LogP contribution in [0, 0.1) is 0 Å². The number of nitrogens with zero attached hydrogens (tertiary/aromatic N) is 3. The van der Waals surface area contributed by atoms with E-state index in [0.717, 1.165) is 12.1 Å². The van der Waals surface area contributed by atoms with E-state index in [1.54, 1.807) is 7.05 Å². The third kappa shape index (κ3) is 5.00. The Morgan fingerprint density at radius 1 is 1.12 bits per heavy atom. The fourth-order valence-electron chi connectivity index (χ4n) is 2.16. The van der Waals surface area contributed by atoms with E-state index in [9.17, 15) is 22.0 Å². The molecule has 1 saturated heterocycles. The van der Waals surface area contributed by atoms with E-state index in [1.807, 2.05) is 0 Å². The summed E-state index contributed by atoms with van der Waals surface area (Å²) in [6, 6.07) is 2.25. The van der Waals surface area contributed by atoms with Gasteiger partial charge in [0.1, 0.15) is 0 Å². The Balaban J connectivity index is 2.26. The molecule has 0 bridgehead atoms. The third-order valence-corrected chi connectivity index (χ3v) is 3.39. The van der Waals surface area contributed by atoms with Gasteiger partial charge < -0.3 is 5.11 Å². The number of nitrogens with one attached hydrogen (secondary N) is 2. The van der Waals surface area contributed by atoms with E-state index >= 15 is 0 Å². The molecule has 1 aliphatic heterocycles. The van der Waals surface area contributed by atoms with Crippen LogP contribution in [0.3, 0.4) is 0 Å². The second kappa shape index (κ2) is 7.10. The van der Waals surface area contributed by atoms with E-state index in [4.69, 9.17) is 5.11 Å². The Kier molecular flexibility index (Phi) is 5.49. The Hall–Kier alpha value is -1.98. The first-order chi connectivity index (χ1) is 11.5. The summed E-state index contributed by atoms with van der Waals surface area (Å²) < 4.78 is 65.8. The second-order valence-corrected chi connectivity index (χ2v) is 5.59. The third-order valence-electron chi connectivity index (χ3n) is 3.39. The van der Waals surface area contributed by atoms with Crippen LogP contribution in [-0.4, -0.2) is 41.4 Å². The molecule has 2 rings (SSSR count). The number of rotatable bonds is 5. The molecular formula is C14H18F5N5O. The summed E-state index contributed by atoms with van der Waals surface area (Å²) in [5.41, 5.74) is 3.69. The van der Waals surface area contributed by atoms with Gasteiger partial charge in [0.25, 0.3) is 5.92 Å². The minimum atomic E-state index is -4.73. The topological polar surface area (TPSA) is 63.1 Å². The zero-order chi connectivity index (χ0) is 18.8. The van der Waals surface area contributed by atoms with Crippen LogP contribution in [0.2, 0.25) is 0 Å². The van der Waals surface area contributed by atoms with Crippen molar-refractivity contribution in [2.75, 3.05) is 20.2 Å². The van der Waals surface area contributed by atoms with E-state index in [1.165, 1.54) is 10.1 Å². The molecule has 1 aromatic carbocycles. The molecule has 11 heteroatoms. The fourth-order valence-corrected chi connectivity index (χ4v) is 2.16. The summed E-state index contributed by atoms with van der Waals surface area (Å²) in [5.74, 6) is -3.12. The van der Waals surface area contributed by atoms with Crippen LogP contribution in [-0.2, 0) is 18.6 Å². The first kappa shape index (κ1) is 19.3. The molecule has 1 aliphatic rings. The summed E-state index contributed by atoms with van der Waals surface area (Å²) in [7, 11) is 1.60. The average Bonchev–Trinajstić information content (AvgIpc) is 2.83. The Morgan fingerprint density at radius 3 is 2.32 bits per heavy atom. The fraction of sp³-hybridized carbons (Fsp3) is 0.500. The molecule has 1 heterocycles. The van der Waals surface area contributed by atoms with Gasteiger partial charge in [0.2, 0.25) is 5.96 Å². The number of guanidine groups is 1. The molecule has 6 nitrogen and oxygen atoms in total. The first-order valence-electron chi connectivity index (χ1n) is 7.29. The van der Waals surface area contributed by atoms with Gasteiger partial charge in [0.05, 0.1) is 25.3 Å². The van der Waals surface area contributed by atoms with Crippen molar-refractivity contribution >= 4 is 5.96 Å². The lowest BCUT2D eigenvalue weighted by atomic mass is 10.0. The molecule has 0 aliphatic carbocycles. The zero-order valence-corrected chi connectivity index (χ0v) is 13.5. The highest BCUT2D eigenvalue weighted by atomic mass is 19.4. The maximum atomic E-state index is 13.5. The quantitative estimate of drug-likeness (QED) is 0.694. The standard InChI is InChI=1S/C14H18F5N5O/c1-13(15,16)10-5-9(6-11(7-10)14(17,18)19)8-20-12-21-24(3-4-25)22-23(12)2/h5-7,22,25H,3-4,8H2,1-2H3,(H,20,21). The summed E-state index contributed by atoms with van der Waals surface area (Å²) in [6.45, 7) is 0.415. The minimum Gasteiger partial charge on any atom is -0.395 e. The van der Waals surface area contributed by atoms with Crippen LogP contribution < -0.4 is 11.0 Å². The summed E-state index contributed by atoms with van der Waals surface area (Å²) in [6.07, 6.45) is -4.73. The Labute approximate surface area is 140 Å². The van der Waals surface area contributed by atoms with Crippen molar-refractivity contribution in [2.24, 2.45) is 4.99 Å². The van der Waals surface area contributed by atoms with Gasteiger partial charge in [0.15, 0.2) is 0 Å². The van der Waals surface area contributed by atoms with Gasteiger partial charge >= 0.3 is 6.18 Å². The summed E-state index contributed by atoms with van der Waals surface area (Å²) in [5, 5.41) is 11.7. The van der Waals surface area contributed by atoms with Crippen LogP contribution in [0.5, 0.6) is 0 Å². The number of hydrogen-bond donors (Lipinski definition) is 3. The number of hydrogen-bond acceptors (Lipinski definition) is 4. The zero-order valence-electron chi connectivity index (χ0n) is 13.5. The highest BCUT2D eigenvalue weighted by molar-refractivity contribution is 5.79. The number of benzene rings is 1. The average molecular weight is 367 g/mol. The maximum absolute atomic E-state index is 13.5. The molecule has 3 N–H and O–H groups in total. The van der Waals surface area contributed by atoms with E-state index in [0.29, 0.717) is 13.0 Å². The monoisotopic (exact) mass is 367 g/mol. The number of β-amino-alcohol motifs (C(OH)–C–C–N with tert-alkyl or cyclic N) is 1. The van der Waals surface area contributed by atoms with Gasteiger partial charge in [-0.1, -0.05) is 0 Å². The lowest BCUT2D eigenvalue weighted by Gasteiger charge is -2.16. The Morgan fingerprint density at radius 2 is 1.76 bits per heavy atom. The number of hydrazine groups is 3. The molecule has 140 valence electrons. The van der Waals surface area contributed by atoms with Crippen molar-refractivity contribution in [3.05, 3.63) is 34.9 Å². The highest BCUT2D eigenvalue weighted by Crippen LogP contribution is 2.35. The van der Waals surface area contributed by atoms with Crippen molar-refractivity contribution < 1.29 is 27.1 Å². The lowest BCUT2D eigenvalue weighted by Crippen LogP contribution is -2.42. The number of alkyl halides is 5. The molecule has 0 aromatic heterocycles. The van der Waals surface area contributed by atoms with Crippen LogP contribution in [0.15, 0.2) is 23.2 Å². The largest absolute Gasteiger partial charge is 0.416 e. The van der Waals surface area contributed by atoms with Gasteiger partial charge in [-0.05, 0) is 23.8 Å². The molecule has 1 fully saturated rings. The van der Waals surface area contributed by atoms with E-state index < -0.39 is 23.2 Å². The van der Waals surface area contributed by atoms with Gasteiger partial charge in [-0.25, -0.2) is 13.8 Å². The van der Waals surface area contributed by atoms with Crippen LogP contribution in [0.4, 0.5) is 22.0 Å². The molecule has 25 heavy (non-hydrogen) atoms. The maximum Gasteiger partial charge on any atom is 0.416 e. The number of aliphatic imine (C=N–C) groups is 1. The van der Waals surface area contributed by atoms with Crippen molar-refractivity contribution in [3.8, 4) is 0 Å². The second-order valence-electron chi connectivity index (χ2n) is 5.59. The predicted molar refractivity (Wildman–Crippen MR) is 80.0 cm³/mol. The van der Waals surface area contributed by atoms with Crippen molar-refractivity contribution in [2.45, 2.75) is 25.6 Å². The molecule has 0 spiro atoms. The van der Waals surface area contributed by atoms with Gasteiger partial charge in [-0.15, -0.1) is 10.7 Å². The van der Waals surface area contributed by atoms with Gasteiger partial charge in [0, 0.05) is 19.5 Å². The van der Waals surface area contributed by atoms with Gasteiger partial charge in [-0.2, -0.15) is 13.2 Å². The van der Waals surface area contributed by atoms with Crippen LogP contribution >= 0.6 is 0 Å². The van der Waals surface area contributed by atoms with Gasteiger partial charge in [-0.3, -0.25) is 10.4 Å². The first-order valence-corrected chi connectivity index (χ1v) is 7.29. The SMILES string of the molecule is CN1NN(CCO)NC1=NCc1cc(C(C)(F)F)cc(C(F)(F)F)c1. The molecule has 0 radical (unpaired) electrons. The van der Waals surface area contributed by atoms with Crippen LogP contribution in [0.25, 0.3) is 0 Å². The molecule has 0 saturated carbocycles. The summed E-state index contributed by atoms with van der Waals surface area (Å²) >= 11 is 0. The lowest BCUT2D eigenvalue weighted by molar-refractivity contribution is -0.137. The summed E-state index contributed by atoms with van der Waals surface area (Å²) in [4.78, 5) is 4.09. The number of aliphatic hydroxyl groups is 1. The molecule has 0 atom stereocenters. The normalized spacial score (nSPS) is 18.1. The number of halogens is 5. The number of aliphatic hydroxyl groups excluding tert-OH is 1. The molecule has 1 aromatic rings. The van der Waals surface area contributed by atoms with E-state index in [-0.39, 0.29) is 31.2 Å². The van der Waals surface area contributed by atoms with Crippen LogP contribution in [0.1, 0.15) is 23.6 Å². The highest BCUT2D eigenvalue weighted by Gasteiger charge is 2.34. The van der Waals surface area contributed by atoms with Crippen molar-refractivity contribution in [3.63, 3.8) is 0 Å². The molecule has 0 unspecified atom stereocenters. The predicted octanol–water partition coefficient (Wildman–Crippen LogP) is 1.84. The van der Waals surface area contributed by atoms with Crippen molar-refractivity contribution in [1.82, 2.24) is 21.1 Å². The molecule has 0 amide bonds.